The van der Waals surface area contributed by atoms with Crippen LogP contribution in [-0.2, 0) is 4.79 Å². The lowest BCUT2D eigenvalue weighted by Crippen LogP contribution is -2.46. The van der Waals surface area contributed by atoms with E-state index in [2.05, 4.69) is 31.2 Å². The van der Waals surface area contributed by atoms with Crippen molar-refractivity contribution in [2.75, 3.05) is 0 Å². The van der Waals surface area contributed by atoms with Gasteiger partial charge in [-0.2, -0.15) is 5.10 Å². The molecule has 0 spiro atoms. The maximum absolute atomic E-state index is 12.8. The second-order valence-corrected chi connectivity index (χ2v) is 8.66. The SMILES string of the molecule is CC1CC(NC(=O)C(C)n2nc(-c3ccccc3)ccc2=O)CC(C)(C)C1. The average molecular weight is 367 g/mol. The summed E-state index contributed by atoms with van der Waals surface area (Å²) in [5.74, 6) is 0.432. The van der Waals surface area contributed by atoms with Crippen LogP contribution in [0.5, 0.6) is 0 Å². The van der Waals surface area contributed by atoms with Gasteiger partial charge in [-0.25, -0.2) is 4.68 Å². The van der Waals surface area contributed by atoms with Crippen LogP contribution in [0.4, 0.5) is 0 Å². The van der Waals surface area contributed by atoms with Crippen molar-refractivity contribution < 1.29 is 4.79 Å². The van der Waals surface area contributed by atoms with E-state index < -0.39 is 6.04 Å². The molecule has 0 saturated heterocycles. The molecule has 144 valence electrons. The molecular weight excluding hydrogens is 338 g/mol. The zero-order valence-electron chi connectivity index (χ0n) is 16.6. The third kappa shape index (κ3) is 4.65. The average Bonchev–Trinajstić information content (AvgIpc) is 2.60. The van der Waals surface area contributed by atoms with E-state index in [4.69, 9.17) is 0 Å². The fourth-order valence-corrected chi connectivity index (χ4v) is 4.35. The maximum Gasteiger partial charge on any atom is 0.267 e. The van der Waals surface area contributed by atoms with Crippen molar-refractivity contribution in [1.82, 2.24) is 15.1 Å². The predicted octanol–water partition coefficient (Wildman–Crippen LogP) is 3.80. The van der Waals surface area contributed by atoms with Crippen molar-refractivity contribution in [3.63, 3.8) is 0 Å². The van der Waals surface area contributed by atoms with Gasteiger partial charge in [0.05, 0.1) is 5.69 Å². The molecule has 1 aliphatic carbocycles. The minimum atomic E-state index is -0.651. The van der Waals surface area contributed by atoms with Crippen molar-refractivity contribution in [2.45, 2.75) is 59.0 Å². The molecule has 0 aliphatic heterocycles. The van der Waals surface area contributed by atoms with Crippen molar-refractivity contribution in [2.24, 2.45) is 11.3 Å². The molecule has 1 aliphatic rings. The molecule has 1 aromatic carbocycles. The molecule has 2 aromatic rings. The molecular formula is C22H29N3O2. The number of hydrogen-bond donors (Lipinski definition) is 1. The van der Waals surface area contributed by atoms with Crippen LogP contribution in [-0.4, -0.2) is 21.7 Å². The quantitative estimate of drug-likeness (QED) is 0.894. The summed E-state index contributed by atoms with van der Waals surface area (Å²) >= 11 is 0. The van der Waals surface area contributed by atoms with Crippen LogP contribution in [0, 0.1) is 11.3 Å². The number of carbonyl (C=O) groups is 1. The number of amides is 1. The van der Waals surface area contributed by atoms with Crippen LogP contribution in [0.25, 0.3) is 11.3 Å². The lowest BCUT2D eigenvalue weighted by atomic mass is 9.70. The lowest BCUT2D eigenvalue weighted by Gasteiger charge is -2.39. The molecule has 5 nitrogen and oxygen atoms in total. The molecule has 1 aromatic heterocycles. The molecule has 1 heterocycles. The van der Waals surface area contributed by atoms with Gasteiger partial charge >= 0.3 is 0 Å². The number of carbonyl (C=O) groups excluding carboxylic acids is 1. The predicted molar refractivity (Wildman–Crippen MR) is 107 cm³/mol. The van der Waals surface area contributed by atoms with Crippen molar-refractivity contribution in [1.29, 1.82) is 0 Å². The number of hydrogen-bond acceptors (Lipinski definition) is 3. The van der Waals surface area contributed by atoms with Crippen molar-refractivity contribution in [3.8, 4) is 11.3 Å². The Morgan fingerprint density at radius 2 is 1.89 bits per heavy atom. The van der Waals surface area contributed by atoms with E-state index >= 15 is 0 Å². The summed E-state index contributed by atoms with van der Waals surface area (Å²) in [5.41, 5.74) is 1.56. The van der Waals surface area contributed by atoms with E-state index in [1.165, 1.54) is 17.2 Å². The van der Waals surface area contributed by atoms with Gasteiger partial charge in [-0.15, -0.1) is 0 Å². The normalized spacial score (nSPS) is 22.8. The number of benzene rings is 1. The van der Waals surface area contributed by atoms with E-state index in [0.717, 1.165) is 18.4 Å². The number of rotatable bonds is 4. The highest BCUT2D eigenvalue weighted by Crippen LogP contribution is 2.38. The largest absolute Gasteiger partial charge is 0.351 e. The molecule has 3 unspecified atom stereocenters. The van der Waals surface area contributed by atoms with Gasteiger partial charge < -0.3 is 5.32 Å². The second kappa shape index (κ2) is 7.67. The fourth-order valence-electron chi connectivity index (χ4n) is 4.35. The van der Waals surface area contributed by atoms with Gasteiger partial charge in [-0.3, -0.25) is 9.59 Å². The number of nitrogens with one attached hydrogen (secondary N) is 1. The van der Waals surface area contributed by atoms with Gasteiger partial charge in [-0.05, 0) is 43.6 Å². The Morgan fingerprint density at radius 3 is 2.56 bits per heavy atom. The van der Waals surface area contributed by atoms with E-state index in [-0.39, 0.29) is 22.9 Å². The smallest absolute Gasteiger partial charge is 0.267 e. The highest BCUT2D eigenvalue weighted by molar-refractivity contribution is 5.80. The van der Waals surface area contributed by atoms with Gasteiger partial charge in [-0.1, -0.05) is 51.1 Å². The number of aromatic nitrogens is 2. The van der Waals surface area contributed by atoms with Crippen molar-refractivity contribution in [3.05, 3.63) is 52.8 Å². The van der Waals surface area contributed by atoms with Crippen LogP contribution in [0.15, 0.2) is 47.3 Å². The van der Waals surface area contributed by atoms with Gasteiger partial charge in [0.2, 0.25) is 5.91 Å². The molecule has 3 atom stereocenters. The summed E-state index contributed by atoms with van der Waals surface area (Å²) in [4.78, 5) is 25.1. The molecule has 1 saturated carbocycles. The van der Waals surface area contributed by atoms with E-state index in [1.807, 2.05) is 30.3 Å². The minimum absolute atomic E-state index is 0.145. The third-order valence-electron chi connectivity index (χ3n) is 5.37. The Hall–Kier alpha value is -2.43. The molecule has 27 heavy (non-hydrogen) atoms. The first kappa shape index (κ1) is 19.3. The molecule has 0 bridgehead atoms. The standard InChI is InChI=1S/C22H29N3O2/c1-15-12-18(14-22(3,4)13-15)23-21(27)16(2)25-20(26)11-10-19(24-25)17-8-6-5-7-9-17/h5-11,15-16,18H,12-14H2,1-4H3,(H,23,27). The zero-order valence-corrected chi connectivity index (χ0v) is 16.6. The molecule has 1 N–H and O–H groups in total. The van der Waals surface area contributed by atoms with Gasteiger partial charge in [0.25, 0.3) is 5.56 Å². The lowest BCUT2D eigenvalue weighted by molar-refractivity contribution is -0.125. The van der Waals surface area contributed by atoms with E-state index in [1.54, 1.807) is 13.0 Å². The first-order chi connectivity index (χ1) is 12.7. The summed E-state index contributed by atoms with van der Waals surface area (Å²) in [5, 5.41) is 7.59. The van der Waals surface area contributed by atoms with E-state index in [9.17, 15) is 9.59 Å². The highest BCUT2D eigenvalue weighted by atomic mass is 16.2. The monoisotopic (exact) mass is 367 g/mol. The van der Waals surface area contributed by atoms with Crippen LogP contribution in [0.3, 0.4) is 0 Å². The fraction of sp³-hybridized carbons (Fsp3) is 0.500. The first-order valence-corrected chi connectivity index (χ1v) is 9.71. The maximum atomic E-state index is 12.8. The van der Waals surface area contributed by atoms with Gasteiger partial charge in [0.1, 0.15) is 6.04 Å². The molecule has 0 radical (unpaired) electrons. The third-order valence-corrected chi connectivity index (χ3v) is 5.37. The molecule has 3 rings (SSSR count). The van der Waals surface area contributed by atoms with E-state index in [0.29, 0.717) is 11.6 Å². The second-order valence-electron chi connectivity index (χ2n) is 8.66. The summed E-state index contributed by atoms with van der Waals surface area (Å²) in [6, 6.07) is 12.3. The Kier molecular flexibility index (Phi) is 5.49. The Labute approximate surface area is 160 Å². The van der Waals surface area contributed by atoms with Gasteiger partial charge in [0, 0.05) is 17.7 Å². The van der Waals surface area contributed by atoms with Crippen LogP contribution in [0.1, 0.15) is 53.0 Å². The van der Waals surface area contributed by atoms with Crippen LogP contribution in [0.2, 0.25) is 0 Å². The first-order valence-electron chi connectivity index (χ1n) is 9.71. The van der Waals surface area contributed by atoms with Crippen LogP contribution < -0.4 is 10.9 Å². The summed E-state index contributed by atoms with van der Waals surface area (Å²) in [6.45, 7) is 8.47. The Bertz CT molecular complexity index is 857. The highest BCUT2D eigenvalue weighted by Gasteiger charge is 2.33. The number of nitrogens with zero attached hydrogens (tertiary/aromatic N) is 2. The summed E-state index contributed by atoms with van der Waals surface area (Å²) in [6.07, 6.45) is 3.12. The molecule has 1 fully saturated rings. The Balaban J connectivity index is 1.78. The summed E-state index contributed by atoms with van der Waals surface area (Å²) < 4.78 is 1.29. The Morgan fingerprint density at radius 1 is 1.19 bits per heavy atom. The van der Waals surface area contributed by atoms with Crippen molar-refractivity contribution >= 4 is 5.91 Å². The topological polar surface area (TPSA) is 64.0 Å². The van der Waals surface area contributed by atoms with Crippen LogP contribution >= 0.6 is 0 Å². The zero-order chi connectivity index (χ0) is 19.6. The summed E-state index contributed by atoms with van der Waals surface area (Å²) in [7, 11) is 0. The molecule has 5 heteroatoms. The molecule has 1 amide bonds. The van der Waals surface area contributed by atoms with Gasteiger partial charge in [0.15, 0.2) is 0 Å². The minimum Gasteiger partial charge on any atom is -0.351 e.